The first kappa shape index (κ1) is 14.6. The summed E-state index contributed by atoms with van der Waals surface area (Å²) in [5.74, 6) is 0.0628. The van der Waals surface area contributed by atoms with Gasteiger partial charge in [-0.1, -0.05) is 44.3 Å². The van der Waals surface area contributed by atoms with Crippen molar-refractivity contribution in [2.45, 2.75) is 33.7 Å². The standard InChI is InChI=1S/C14H20N2OS/c1-8(2)12(13(15)18)16-14(17)11-9(3)6-5-7-10(11)4/h5-8,12H,1-4H3,(H2,15,18)(H,16,17). The summed E-state index contributed by atoms with van der Waals surface area (Å²) in [6, 6.07) is 5.52. The SMILES string of the molecule is Cc1cccc(C)c1C(=O)NC(C(N)=S)C(C)C. The molecule has 0 saturated carbocycles. The molecule has 1 atom stereocenters. The van der Waals surface area contributed by atoms with Gasteiger partial charge in [0.05, 0.1) is 11.0 Å². The maximum atomic E-state index is 12.3. The van der Waals surface area contributed by atoms with Gasteiger partial charge in [0.1, 0.15) is 0 Å². The molecule has 1 unspecified atom stereocenters. The second kappa shape index (κ2) is 5.96. The topological polar surface area (TPSA) is 55.1 Å². The van der Waals surface area contributed by atoms with Gasteiger partial charge in [-0.15, -0.1) is 0 Å². The van der Waals surface area contributed by atoms with Crippen LogP contribution in [0, 0.1) is 19.8 Å². The Balaban J connectivity index is 2.98. The summed E-state index contributed by atoms with van der Waals surface area (Å²) in [6.45, 7) is 7.81. The number of thiocarbonyl (C=S) groups is 1. The molecule has 0 heterocycles. The summed E-state index contributed by atoms with van der Waals surface area (Å²) in [5.41, 5.74) is 8.28. The highest BCUT2D eigenvalue weighted by atomic mass is 32.1. The van der Waals surface area contributed by atoms with Crippen LogP contribution in [0.15, 0.2) is 18.2 Å². The first-order valence-corrected chi connectivity index (χ1v) is 6.41. The molecule has 0 aromatic heterocycles. The van der Waals surface area contributed by atoms with Gasteiger partial charge in [-0.2, -0.15) is 0 Å². The van der Waals surface area contributed by atoms with Crippen LogP contribution in [0.3, 0.4) is 0 Å². The van der Waals surface area contributed by atoms with Crippen LogP contribution in [-0.4, -0.2) is 16.9 Å². The molecule has 0 fully saturated rings. The predicted octanol–water partition coefficient (Wildman–Crippen LogP) is 2.34. The number of amides is 1. The van der Waals surface area contributed by atoms with Gasteiger partial charge in [-0.25, -0.2) is 0 Å². The highest BCUT2D eigenvalue weighted by Crippen LogP contribution is 2.14. The predicted molar refractivity (Wildman–Crippen MR) is 78.8 cm³/mol. The summed E-state index contributed by atoms with van der Waals surface area (Å²) in [4.78, 5) is 12.6. The number of benzene rings is 1. The lowest BCUT2D eigenvalue weighted by Gasteiger charge is -2.22. The maximum absolute atomic E-state index is 12.3. The number of carbonyl (C=O) groups excluding carboxylic acids is 1. The van der Waals surface area contributed by atoms with Gasteiger partial charge in [0.2, 0.25) is 0 Å². The summed E-state index contributed by atoms with van der Waals surface area (Å²) in [5, 5.41) is 2.91. The van der Waals surface area contributed by atoms with Crippen LogP contribution >= 0.6 is 12.2 Å². The molecule has 18 heavy (non-hydrogen) atoms. The lowest BCUT2D eigenvalue weighted by molar-refractivity contribution is 0.0938. The van der Waals surface area contributed by atoms with Gasteiger partial charge < -0.3 is 11.1 Å². The van der Waals surface area contributed by atoms with Crippen LogP contribution < -0.4 is 11.1 Å². The smallest absolute Gasteiger partial charge is 0.252 e. The second-order valence-electron chi connectivity index (χ2n) is 4.86. The molecule has 1 rings (SSSR count). The van der Waals surface area contributed by atoms with Crippen molar-refractivity contribution in [3.63, 3.8) is 0 Å². The molecule has 1 aromatic rings. The largest absolute Gasteiger partial charge is 0.392 e. The number of hydrogen-bond acceptors (Lipinski definition) is 2. The van der Waals surface area contributed by atoms with E-state index in [1.807, 2.05) is 45.9 Å². The van der Waals surface area contributed by atoms with Gasteiger partial charge in [-0.05, 0) is 30.9 Å². The van der Waals surface area contributed by atoms with Crippen molar-refractivity contribution in [2.75, 3.05) is 0 Å². The molecule has 4 heteroatoms. The third kappa shape index (κ3) is 3.29. The Bertz CT molecular complexity index is 449. The minimum absolute atomic E-state index is 0.114. The van der Waals surface area contributed by atoms with E-state index in [1.54, 1.807) is 0 Å². The number of carbonyl (C=O) groups is 1. The van der Waals surface area contributed by atoms with Crippen molar-refractivity contribution in [1.29, 1.82) is 0 Å². The van der Waals surface area contributed by atoms with Crippen LogP contribution in [0.1, 0.15) is 35.3 Å². The molecule has 1 amide bonds. The number of nitrogens with one attached hydrogen (secondary N) is 1. The first-order valence-electron chi connectivity index (χ1n) is 6.01. The molecule has 1 aromatic carbocycles. The Morgan fingerprint density at radius 3 is 2.17 bits per heavy atom. The van der Waals surface area contributed by atoms with E-state index in [9.17, 15) is 4.79 Å². The van der Waals surface area contributed by atoms with Crippen molar-refractivity contribution >= 4 is 23.1 Å². The van der Waals surface area contributed by atoms with E-state index in [0.717, 1.165) is 11.1 Å². The summed E-state index contributed by atoms with van der Waals surface area (Å²) in [7, 11) is 0. The van der Waals surface area contributed by atoms with Gasteiger partial charge in [0.15, 0.2) is 0 Å². The van der Waals surface area contributed by atoms with Crippen molar-refractivity contribution in [3.05, 3.63) is 34.9 Å². The van der Waals surface area contributed by atoms with E-state index in [-0.39, 0.29) is 17.9 Å². The monoisotopic (exact) mass is 264 g/mol. The fraction of sp³-hybridized carbons (Fsp3) is 0.429. The van der Waals surface area contributed by atoms with Gasteiger partial charge in [-0.3, -0.25) is 4.79 Å². The molecule has 0 aliphatic rings. The molecule has 0 aliphatic carbocycles. The quantitative estimate of drug-likeness (QED) is 0.821. The second-order valence-corrected chi connectivity index (χ2v) is 5.34. The van der Waals surface area contributed by atoms with Crippen molar-refractivity contribution in [2.24, 2.45) is 11.7 Å². The third-order valence-electron chi connectivity index (χ3n) is 2.97. The number of aryl methyl sites for hydroxylation is 2. The Hall–Kier alpha value is -1.42. The molecule has 0 saturated heterocycles. The van der Waals surface area contributed by atoms with Crippen LogP contribution in [0.2, 0.25) is 0 Å². The molecule has 98 valence electrons. The van der Waals surface area contributed by atoms with Crippen molar-refractivity contribution in [3.8, 4) is 0 Å². The zero-order chi connectivity index (χ0) is 13.9. The summed E-state index contributed by atoms with van der Waals surface area (Å²) in [6.07, 6.45) is 0. The van der Waals surface area contributed by atoms with E-state index in [2.05, 4.69) is 5.32 Å². The maximum Gasteiger partial charge on any atom is 0.252 e. The Morgan fingerprint density at radius 1 is 1.28 bits per heavy atom. The van der Waals surface area contributed by atoms with Crippen LogP contribution in [0.5, 0.6) is 0 Å². The Morgan fingerprint density at radius 2 is 1.78 bits per heavy atom. The molecule has 0 aliphatic heterocycles. The molecule has 0 bridgehead atoms. The van der Waals surface area contributed by atoms with E-state index in [0.29, 0.717) is 10.6 Å². The zero-order valence-electron chi connectivity index (χ0n) is 11.3. The van der Waals surface area contributed by atoms with Crippen LogP contribution in [0.4, 0.5) is 0 Å². The van der Waals surface area contributed by atoms with E-state index >= 15 is 0 Å². The fourth-order valence-electron chi connectivity index (χ4n) is 1.95. The fourth-order valence-corrected chi connectivity index (χ4v) is 2.28. The first-order chi connectivity index (χ1) is 8.34. The summed E-state index contributed by atoms with van der Waals surface area (Å²) < 4.78 is 0. The molecule has 3 nitrogen and oxygen atoms in total. The van der Waals surface area contributed by atoms with Crippen molar-refractivity contribution in [1.82, 2.24) is 5.32 Å². The highest BCUT2D eigenvalue weighted by Gasteiger charge is 2.21. The third-order valence-corrected chi connectivity index (χ3v) is 3.22. The van der Waals surface area contributed by atoms with E-state index < -0.39 is 0 Å². The van der Waals surface area contributed by atoms with Crippen LogP contribution in [0.25, 0.3) is 0 Å². The van der Waals surface area contributed by atoms with Gasteiger partial charge in [0.25, 0.3) is 5.91 Å². The normalized spacial score (nSPS) is 12.3. The number of nitrogens with two attached hydrogens (primary N) is 1. The van der Waals surface area contributed by atoms with E-state index in [4.69, 9.17) is 18.0 Å². The lowest BCUT2D eigenvalue weighted by atomic mass is 10.00. The van der Waals surface area contributed by atoms with Gasteiger partial charge in [0, 0.05) is 5.56 Å². The Labute approximate surface area is 114 Å². The average molecular weight is 264 g/mol. The van der Waals surface area contributed by atoms with Crippen LogP contribution in [-0.2, 0) is 0 Å². The minimum atomic E-state index is -0.272. The molecule has 0 radical (unpaired) electrons. The van der Waals surface area contributed by atoms with Gasteiger partial charge >= 0.3 is 0 Å². The van der Waals surface area contributed by atoms with Crippen molar-refractivity contribution < 1.29 is 4.79 Å². The zero-order valence-corrected chi connectivity index (χ0v) is 12.1. The Kier molecular flexibility index (Phi) is 4.84. The van der Waals surface area contributed by atoms with E-state index in [1.165, 1.54) is 0 Å². The molecule has 3 N–H and O–H groups in total. The minimum Gasteiger partial charge on any atom is -0.392 e. The molecular formula is C14H20N2OS. The number of hydrogen-bond donors (Lipinski definition) is 2. The summed E-state index contributed by atoms with van der Waals surface area (Å²) >= 11 is 4.99. The highest BCUT2D eigenvalue weighted by molar-refractivity contribution is 7.80. The lowest BCUT2D eigenvalue weighted by Crippen LogP contribution is -2.47. The number of rotatable bonds is 4. The molecular weight excluding hydrogens is 244 g/mol. The molecule has 0 spiro atoms. The average Bonchev–Trinajstić information content (AvgIpc) is 2.24.